The number of amides is 2. The standard InChI is InChI=1S/C19H18F2N4O3S2/c20-12-30(27,28)23-10-9-18-22-11-17(29-18)13-5-7-14(8-6-13)24-19(26)25-16-4-2-1-3-15(16)21/h1-8,11,23H,9-10,12H2,(H2,24,25,26). The Balaban J connectivity index is 1.56. The van der Waals surface area contributed by atoms with Gasteiger partial charge in [-0.15, -0.1) is 11.3 Å². The molecule has 2 amide bonds. The lowest BCUT2D eigenvalue weighted by molar-refractivity contribution is 0.262. The predicted octanol–water partition coefficient (Wildman–Crippen LogP) is 3.98. The Hall–Kier alpha value is -2.89. The third-order valence-corrected chi connectivity index (χ3v) is 5.94. The summed E-state index contributed by atoms with van der Waals surface area (Å²) in [5.74, 6) is -0.526. The quantitative estimate of drug-likeness (QED) is 0.481. The van der Waals surface area contributed by atoms with Crippen molar-refractivity contribution in [3.05, 3.63) is 65.6 Å². The number of carbonyl (C=O) groups excluding carboxylic acids is 1. The van der Waals surface area contributed by atoms with Gasteiger partial charge in [0.25, 0.3) is 0 Å². The summed E-state index contributed by atoms with van der Waals surface area (Å²) in [6.07, 6.45) is 2.01. The minimum absolute atomic E-state index is 0.0686. The third kappa shape index (κ3) is 6.05. The molecular formula is C19H18F2N4O3S2. The highest BCUT2D eigenvalue weighted by Gasteiger charge is 2.10. The van der Waals surface area contributed by atoms with Gasteiger partial charge in [-0.05, 0) is 29.8 Å². The Kier molecular flexibility index (Phi) is 7.08. The zero-order valence-corrected chi connectivity index (χ0v) is 17.2. The average molecular weight is 453 g/mol. The molecule has 158 valence electrons. The molecule has 1 aromatic heterocycles. The zero-order valence-electron chi connectivity index (χ0n) is 15.6. The molecule has 0 aliphatic rings. The second kappa shape index (κ2) is 9.74. The molecule has 0 bridgehead atoms. The Bertz CT molecular complexity index is 1120. The summed E-state index contributed by atoms with van der Waals surface area (Å²) < 4.78 is 50.2. The van der Waals surface area contributed by atoms with E-state index in [1.54, 1.807) is 36.5 Å². The zero-order chi connectivity index (χ0) is 21.6. The van der Waals surface area contributed by atoms with Gasteiger partial charge in [-0.25, -0.2) is 31.7 Å². The van der Waals surface area contributed by atoms with Gasteiger partial charge in [-0.1, -0.05) is 24.3 Å². The monoisotopic (exact) mass is 452 g/mol. The first kappa shape index (κ1) is 21.8. The summed E-state index contributed by atoms with van der Waals surface area (Å²) in [4.78, 5) is 17.1. The van der Waals surface area contributed by atoms with E-state index in [4.69, 9.17) is 0 Å². The number of para-hydroxylation sites is 1. The number of aromatic nitrogens is 1. The summed E-state index contributed by atoms with van der Waals surface area (Å²) >= 11 is 1.39. The molecule has 7 nitrogen and oxygen atoms in total. The van der Waals surface area contributed by atoms with Gasteiger partial charge in [0.05, 0.1) is 15.6 Å². The maximum absolute atomic E-state index is 13.6. The summed E-state index contributed by atoms with van der Waals surface area (Å²) in [5.41, 5.74) is 1.47. The topological polar surface area (TPSA) is 100 Å². The second-order valence-electron chi connectivity index (χ2n) is 6.12. The van der Waals surface area contributed by atoms with Crippen LogP contribution in [0, 0.1) is 5.82 Å². The van der Waals surface area contributed by atoms with Gasteiger partial charge in [0.2, 0.25) is 16.0 Å². The molecule has 0 unspecified atom stereocenters. The van der Waals surface area contributed by atoms with Crippen LogP contribution in [0.2, 0.25) is 0 Å². The predicted molar refractivity (Wildman–Crippen MR) is 113 cm³/mol. The Morgan fingerprint density at radius 2 is 1.80 bits per heavy atom. The summed E-state index contributed by atoms with van der Waals surface area (Å²) in [7, 11) is -3.87. The van der Waals surface area contributed by atoms with Crippen LogP contribution >= 0.6 is 11.3 Å². The molecule has 0 saturated heterocycles. The van der Waals surface area contributed by atoms with Crippen LogP contribution in [0.15, 0.2) is 54.7 Å². The number of rotatable bonds is 8. The molecule has 2 aromatic carbocycles. The van der Waals surface area contributed by atoms with E-state index in [2.05, 4.69) is 20.3 Å². The van der Waals surface area contributed by atoms with Crippen LogP contribution in [0.1, 0.15) is 5.01 Å². The van der Waals surface area contributed by atoms with Crippen LogP contribution in [0.4, 0.5) is 25.0 Å². The fourth-order valence-corrected chi connectivity index (χ4v) is 3.89. The van der Waals surface area contributed by atoms with Gasteiger partial charge < -0.3 is 10.6 Å². The van der Waals surface area contributed by atoms with Crippen LogP contribution < -0.4 is 15.4 Å². The molecule has 0 spiro atoms. The molecule has 0 atom stereocenters. The number of nitrogens with one attached hydrogen (secondary N) is 3. The fourth-order valence-electron chi connectivity index (χ4n) is 2.48. The van der Waals surface area contributed by atoms with E-state index in [1.165, 1.54) is 29.5 Å². The van der Waals surface area contributed by atoms with Crippen molar-refractivity contribution in [2.45, 2.75) is 6.42 Å². The van der Waals surface area contributed by atoms with E-state index >= 15 is 0 Å². The van der Waals surface area contributed by atoms with Gasteiger partial charge >= 0.3 is 6.03 Å². The SMILES string of the molecule is O=C(Nc1ccc(-c2cnc(CCNS(=O)(=O)CF)s2)cc1)Nc1ccccc1F. The van der Waals surface area contributed by atoms with Gasteiger partial charge in [0.1, 0.15) is 5.82 Å². The van der Waals surface area contributed by atoms with Crippen molar-refractivity contribution in [1.29, 1.82) is 0 Å². The maximum Gasteiger partial charge on any atom is 0.323 e. The Morgan fingerprint density at radius 1 is 1.07 bits per heavy atom. The Labute approximate surface area is 176 Å². The third-order valence-electron chi connectivity index (χ3n) is 3.91. The normalized spacial score (nSPS) is 11.3. The highest BCUT2D eigenvalue weighted by Crippen LogP contribution is 2.27. The molecular weight excluding hydrogens is 434 g/mol. The molecule has 0 aliphatic heterocycles. The molecule has 11 heteroatoms. The lowest BCUT2D eigenvalue weighted by Crippen LogP contribution is -2.26. The van der Waals surface area contributed by atoms with Crippen molar-refractivity contribution in [1.82, 2.24) is 9.71 Å². The number of nitrogens with zero attached hydrogens (tertiary/aromatic N) is 1. The van der Waals surface area contributed by atoms with E-state index in [1.807, 2.05) is 0 Å². The maximum atomic E-state index is 13.6. The number of thiazole rings is 1. The fraction of sp³-hybridized carbons (Fsp3) is 0.158. The average Bonchev–Trinajstić information content (AvgIpc) is 3.19. The lowest BCUT2D eigenvalue weighted by atomic mass is 10.2. The number of hydrogen-bond acceptors (Lipinski definition) is 5. The van der Waals surface area contributed by atoms with Crippen molar-refractivity contribution >= 4 is 38.8 Å². The number of sulfonamides is 1. The van der Waals surface area contributed by atoms with Gasteiger partial charge in [-0.2, -0.15) is 0 Å². The van der Waals surface area contributed by atoms with Crippen molar-refractivity contribution < 1.29 is 22.0 Å². The van der Waals surface area contributed by atoms with Crippen LogP contribution in [-0.2, 0) is 16.4 Å². The van der Waals surface area contributed by atoms with Crippen LogP contribution in [0.3, 0.4) is 0 Å². The summed E-state index contributed by atoms with van der Waals surface area (Å²) in [5, 5.41) is 5.77. The van der Waals surface area contributed by atoms with E-state index in [9.17, 15) is 22.0 Å². The molecule has 0 saturated carbocycles. The molecule has 0 radical (unpaired) electrons. The van der Waals surface area contributed by atoms with Gasteiger partial charge in [-0.3, -0.25) is 0 Å². The summed E-state index contributed by atoms with van der Waals surface area (Å²) in [6, 6.07) is 10.8. The first-order valence-corrected chi connectivity index (χ1v) is 11.2. The van der Waals surface area contributed by atoms with E-state index in [0.29, 0.717) is 17.1 Å². The van der Waals surface area contributed by atoms with Gasteiger partial charge in [0.15, 0.2) is 0 Å². The number of alkyl halides is 1. The molecule has 3 rings (SSSR count). The molecule has 0 fully saturated rings. The minimum atomic E-state index is -3.87. The first-order valence-electron chi connectivity index (χ1n) is 8.77. The first-order chi connectivity index (χ1) is 14.4. The molecule has 3 N–H and O–H groups in total. The molecule has 1 heterocycles. The largest absolute Gasteiger partial charge is 0.323 e. The highest BCUT2D eigenvalue weighted by atomic mass is 32.2. The number of carbonyl (C=O) groups is 1. The van der Waals surface area contributed by atoms with Crippen LogP contribution in [-0.4, -0.2) is 32.0 Å². The molecule has 30 heavy (non-hydrogen) atoms. The van der Waals surface area contributed by atoms with E-state index < -0.39 is 27.9 Å². The lowest BCUT2D eigenvalue weighted by Gasteiger charge is -2.08. The van der Waals surface area contributed by atoms with Crippen LogP contribution in [0.5, 0.6) is 0 Å². The van der Waals surface area contributed by atoms with E-state index in [-0.39, 0.29) is 12.2 Å². The number of hydrogen-bond donors (Lipinski definition) is 3. The summed E-state index contributed by atoms with van der Waals surface area (Å²) in [6.45, 7) is 0.0686. The highest BCUT2D eigenvalue weighted by molar-refractivity contribution is 7.89. The molecule has 3 aromatic rings. The van der Waals surface area contributed by atoms with Crippen molar-refractivity contribution in [3.8, 4) is 10.4 Å². The van der Waals surface area contributed by atoms with Crippen molar-refractivity contribution in [3.63, 3.8) is 0 Å². The van der Waals surface area contributed by atoms with Crippen molar-refractivity contribution in [2.24, 2.45) is 0 Å². The minimum Gasteiger partial charge on any atom is -0.308 e. The Morgan fingerprint density at radius 3 is 2.50 bits per heavy atom. The number of urea groups is 1. The van der Waals surface area contributed by atoms with Gasteiger partial charge in [0, 0.05) is 24.8 Å². The number of halogens is 2. The van der Waals surface area contributed by atoms with Crippen molar-refractivity contribution in [2.75, 3.05) is 23.2 Å². The van der Waals surface area contributed by atoms with Crippen LogP contribution in [0.25, 0.3) is 10.4 Å². The number of anilines is 2. The molecule has 0 aliphatic carbocycles. The van der Waals surface area contributed by atoms with E-state index in [0.717, 1.165) is 10.4 Å². The smallest absolute Gasteiger partial charge is 0.308 e. The second-order valence-corrected chi connectivity index (χ2v) is 8.97. The number of benzene rings is 2.